The van der Waals surface area contributed by atoms with Gasteiger partial charge in [0.25, 0.3) is 0 Å². The zero-order valence-electron chi connectivity index (χ0n) is 11.4. The average molecular weight is 248 g/mol. The summed E-state index contributed by atoms with van der Waals surface area (Å²) in [5, 5.41) is 12.9. The van der Waals surface area contributed by atoms with Gasteiger partial charge in [-0.15, -0.1) is 0 Å². The lowest BCUT2D eigenvalue weighted by Crippen LogP contribution is -2.35. The third-order valence-corrected chi connectivity index (χ3v) is 4.02. The molecule has 1 fully saturated rings. The Morgan fingerprint density at radius 2 is 2.11 bits per heavy atom. The number of phenols is 1. The number of benzene rings is 1. The van der Waals surface area contributed by atoms with Crippen LogP contribution in [-0.2, 0) is 0 Å². The van der Waals surface area contributed by atoms with E-state index in [1.807, 2.05) is 12.1 Å². The lowest BCUT2D eigenvalue weighted by Gasteiger charge is -2.31. The van der Waals surface area contributed by atoms with Gasteiger partial charge in [-0.1, -0.05) is 12.1 Å². The van der Waals surface area contributed by atoms with Gasteiger partial charge in [-0.3, -0.25) is 4.90 Å². The van der Waals surface area contributed by atoms with Crippen molar-refractivity contribution < 1.29 is 5.11 Å². The molecule has 1 atom stereocenters. The SMILES string of the molecule is CC(c1cccc(O)c1)N(C)CC1CCNCC1. The normalized spacial score (nSPS) is 19.1. The largest absolute Gasteiger partial charge is 0.508 e. The summed E-state index contributed by atoms with van der Waals surface area (Å²) in [5.41, 5.74) is 1.19. The van der Waals surface area contributed by atoms with Crippen LogP contribution in [0.5, 0.6) is 5.75 Å². The van der Waals surface area contributed by atoms with Gasteiger partial charge in [-0.25, -0.2) is 0 Å². The molecule has 1 saturated heterocycles. The van der Waals surface area contributed by atoms with Gasteiger partial charge in [0.2, 0.25) is 0 Å². The monoisotopic (exact) mass is 248 g/mol. The molecular formula is C15H24N2O. The highest BCUT2D eigenvalue weighted by Crippen LogP contribution is 2.24. The Morgan fingerprint density at radius 1 is 1.39 bits per heavy atom. The summed E-state index contributed by atoms with van der Waals surface area (Å²) in [4.78, 5) is 2.39. The second kappa shape index (κ2) is 6.21. The predicted octanol–water partition coefficient (Wildman–Crippen LogP) is 2.38. The van der Waals surface area contributed by atoms with Crippen molar-refractivity contribution in [3.8, 4) is 5.75 Å². The number of hydrogen-bond acceptors (Lipinski definition) is 3. The van der Waals surface area contributed by atoms with Crippen molar-refractivity contribution in [1.82, 2.24) is 10.2 Å². The molecule has 1 unspecified atom stereocenters. The van der Waals surface area contributed by atoms with Crippen LogP contribution in [0.25, 0.3) is 0 Å². The number of rotatable bonds is 4. The van der Waals surface area contributed by atoms with Crippen LogP contribution in [0.1, 0.15) is 31.4 Å². The van der Waals surface area contributed by atoms with E-state index >= 15 is 0 Å². The van der Waals surface area contributed by atoms with Crippen molar-refractivity contribution in [2.45, 2.75) is 25.8 Å². The number of nitrogens with one attached hydrogen (secondary N) is 1. The molecule has 0 saturated carbocycles. The minimum absolute atomic E-state index is 0.354. The molecular weight excluding hydrogens is 224 g/mol. The molecule has 2 N–H and O–H groups in total. The third-order valence-electron chi connectivity index (χ3n) is 4.02. The Balaban J connectivity index is 1.93. The predicted molar refractivity (Wildman–Crippen MR) is 74.7 cm³/mol. The Hall–Kier alpha value is -1.06. The number of nitrogens with zero attached hydrogens (tertiary/aromatic N) is 1. The van der Waals surface area contributed by atoms with Crippen LogP contribution in [0.2, 0.25) is 0 Å². The first-order valence-corrected chi connectivity index (χ1v) is 6.86. The van der Waals surface area contributed by atoms with Crippen LogP contribution in [0.3, 0.4) is 0 Å². The van der Waals surface area contributed by atoms with Crippen molar-refractivity contribution in [2.75, 3.05) is 26.7 Å². The molecule has 1 heterocycles. The van der Waals surface area contributed by atoms with Gasteiger partial charge < -0.3 is 10.4 Å². The van der Waals surface area contributed by atoms with Gasteiger partial charge >= 0.3 is 0 Å². The molecule has 3 heteroatoms. The Labute approximate surface area is 110 Å². The fourth-order valence-electron chi connectivity index (χ4n) is 2.67. The maximum Gasteiger partial charge on any atom is 0.115 e. The van der Waals surface area contributed by atoms with Gasteiger partial charge in [0.05, 0.1) is 0 Å². The van der Waals surface area contributed by atoms with Gasteiger partial charge in [0, 0.05) is 12.6 Å². The van der Waals surface area contributed by atoms with Crippen molar-refractivity contribution in [3.05, 3.63) is 29.8 Å². The molecule has 18 heavy (non-hydrogen) atoms. The molecule has 1 aromatic rings. The van der Waals surface area contributed by atoms with E-state index < -0.39 is 0 Å². The van der Waals surface area contributed by atoms with Crippen molar-refractivity contribution >= 4 is 0 Å². The molecule has 0 spiro atoms. The fraction of sp³-hybridized carbons (Fsp3) is 0.600. The zero-order valence-corrected chi connectivity index (χ0v) is 11.4. The number of aromatic hydroxyl groups is 1. The van der Waals surface area contributed by atoms with E-state index in [0.717, 1.165) is 25.6 Å². The van der Waals surface area contributed by atoms with Crippen LogP contribution in [0.4, 0.5) is 0 Å². The fourth-order valence-corrected chi connectivity index (χ4v) is 2.67. The quantitative estimate of drug-likeness (QED) is 0.859. The second-order valence-electron chi connectivity index (χ2n) is 5.40. The lowest BCUT2D eigenvalue weighted by atomic mass is 9.96. The van der Waals surface area contributed by atoms with Crippen LogP contribution >= 0.6 is 0 Å². The van der Waals surface area contributed by atoms with E-state index in [1.165, 1.54) is 18.4 Å². The average Bonchev–Trinajstić information content (AvgIpc) is 2.39. The first-order valence-electron chi connectivity index (χ1n) is 6.86. The molecule has 0 aliphatic carbocycles. The van der Waals surface area contributed by atoms with E-state index in [2.05, 4.69) is 30.3 Å². The summed E-state index contributed by atoms with van der Waals surface area (Å²) in [6.07, 6.45) is 2.55. The minimum Gasteiger partial charge on any atom is -0.508 e. The van der Waals surface area contributed by atoms with E-state index in [1.54, 1.807) is 6.07 Å². The van der Waals surface area contributed by atoms with Crippen LogP contribution in [0.15, 0.2) is 24.3 Å². The van der Waals surface area contributed by atoms with E-state index in [9.17, 15) is 5.11 Å². The third kappa shape index (κ3) is 3.47. The Bertz CT molecular complexity index is 375. The molecule has 1 aromatic carbocycles. The Morgan fingerprint density at radius 3 is 2.78 bits per heavy atom. The summed E-state index contributed by atoms with van der Waals surface area (Å²) >= 11 is 0. The van der Waals surface area contributed by atoms with Gasteiger partial charge in [0.15, 0.2) is 0 Å². The number of hydrogen-bond donors (Lipinski definition) is 2. The van der Waals surface area contributed by atoms with Crippen molar-refractivity contribution in [2.24, 2.45) is 5.92 Å². The molecule has 100 valence electrons. The summed E-state index contributed by atoms with van der Waals surface area (Å²) in [6, 6.07) is 7.95. The topological polar surface area (TPSA) is 35.5 Å². The lowest BCUT2D eigenvalue weighted by molar-refractivity contribution is 0.196. The molecule has 1 aliphatic heterocycles. The van der Waals surface area contributed by atoms with Crippen LogP contribution < -0.4 is 5.32 Å². The summed E-state index contributed by atoms with van der Waals surface area (Å²) < 4.78 is 0. The zero-order chi connectivity index (χ0) is 13.0. The molecule has 1 aliphatic rings. The molecule has 0 amide bonds. The highest BCUT2D eigenvalue weighted by molar-refractivity contribution is 5.29. The molecule has 3 nitrogen and oxygen atoms in total. The summed E-state index contributed by atoms with van der Waals surface area (Å²) in [6.45, 7) is 5.65. The van der Waals surface area contributed by atoms with E-state index in [4.69, 9.17) is 0 Å². The first-order chi connectivity index (χ1) is 8.66. The van der Waals surface area contributed by atoms with E-state index in [-0.39, 0.29) is 0 Å². The standard InChI is InChI=1S/C15H24N2O/c1-12(14-4-3-5-15(18)10-14)17(2)11-13-6-8-16-9-7-13/h3-5,10,12-13,16,18H,6-9,11H2,1-2H3. The maximum absolute atomic E-state index is 9.54. The van der Waals surface area contributed by atoms with Gasteiger partial charge in [-0.05, 0) is 63.5 Å². The summed E-state index contributed by atoms with van der Waals surface area (Å²) in [7, 11) is 2.18. The second-order valence-corrected chi connectivity index (χ2v) is 5.40. The van der Waals surface area contributed by atoms with Gasteiger partial charge in [0.1, 0.15) is 5.75 Å². The van der Waals surface area contributed by atoms with Crippen LogP contribution in [-0.4, -0.2) is 36.7 Å². The number of piperidine rings is 1. The molecule has 0 aromatic heterocycles. The highest BCUT2D eigenvalue weighted by Gasteiger charge is 2.18. The highest BCUT2D eigenvalue weighted by atomic mass is 16.3. The molecule has 2 rings (SSSR count). The first kappa shape index (κ1) is 13.4. The molecule has 0 radical (unpaired) electrons. The van der Waals surface area contributed by atoms with Gasteiger partial charge in [-0.2, -0.15) is 0 Å². The maximum atomic E-state index is 9.54. The number of phenolic OH excluding ortho intramolecular Hbond substituents is 1. The molecule has 0 bridgehead atoms. The van der Waals surface area contributed by atoms with Crippen molar-refractivity contribution in [3.63, 3.8) is 0 Å². The Kier molecular flexibility index (Phi) is 4.61. The van der Waals surface area contributed by atoms with Crippen LogP contribution in [0, 0.1) is 5.92 Å². The smallest absolute Gasteiger partial charge is 0.115 e. The van der Waals surface area contributed by atoms with E-state index in [0.29, 0.717) is 11.8 Å². The van der Waals surface area contributed by atoms with Crippen molar-refractivity contribution in [1.29, 1.82) is 0 Å². The summed E-state index contributed by atoms with van der Waals surface area (Å²) in [5.74, 6) is 1.16. The minimum atomic E-state index is 0.354.